The van der Waals surface area contributed by atoms with Crippen molar-refractivity contribution in [1.29, 1.82) is 0 Å². The summed E-state index contributed by atoms with van der Waals surface area (Å²) in [5, 5.41) is 0. The van der Waals surface area contributed by atoms with E-state index in [1.54, 1.807) is 0 Å². The van der Waals surface area contributed by atoms with Gasteiger partial charge in [0.25, 0.3) is 0 Å². The zero-order valence-corrected chi connectivity index (χ0v) is 12.8. The third-order valence-corrected chi connectivity index (χ3v) is 5.02. The number of ether oxygens (including phenoxy) is 1. The molecule has 2 rings (SSSR count). The summed E-state index contributed by atoms with van der Waals surface area (Å²) in [7, 11) is 0. The van der Waals surface area contributed by atoms with Crippen LogP contribution in [0, 0.1) is 25.6 Å². The summed E-state index contributed by atoms with van der Waals surface area (Å²) in [6.07, 6.45) is 2.43. The minimum Gasteiger partial charge on any atom is -0.378 e. The number of halogens is 2. The maximum absolute atomic E-state index is 13.7. The van der Waals surface area contributed by atoms with Gasteiger partial charge in [0.2, 0.25) is 0 Å². The van der Waals surface area contributed by atoms with Crippen LogP contribution in [0.3, 0.4) is 0 Å². The molecule has 0 N–H and O–H groups in total. The molecule has 3 heteroatoms. The van der Waals surface area contributed by atoms with Crippen LogP contribution in [0.4, 0.5) is 4.39 Å². The number of hydrogen-bond donors (Lipinski definition) is 0. The summed E-state index contributed by atoms with van der Waals surface area (Å²) in [5.41, 5.74) is 2.61. The average molecular weight is 315 g/mol. The standard InChI is InChI=1S/C15H20BrFO/c1-4-13-12(5-6-18-13)14(16)11-7-9(2)15(17)10(3)8-11/h7-8,12-14H,4-6H2,1-3H3. The molecule has 0 saturated carbocycles. The van der Waals surface area contributed by atoms with Gasteiger partial charge in [-0.05, 0) is 43.4 Å². The summed E-state index contributed by atoms with van der Waals surface area (Å²) >= 11 is 3.78. The summed E-state index contributed by atoms with van der Waals surface area (Å²) in [6.45, 7) is 6.65. The van der Waals surface area contributed by atoms with Crippen LogP contribution in [0.1, 0.15) is 41.3 Å². The van der Waals surface area contributed by atoms with Gasteiger partial charge in [0.15, 0.2) is 0 Å². The Balaban J connectivity index is 2.25. The van der Waals surface area contributed by atoms with E-state index >= 15 is 0 Å². The second-order valence-electron chi connectivity index (χ2n) is 5.14. The molecular formula is C15H20BrFO. The van der Waals surface area contributed by atoms with E-state index in [2.05, 4.69) is 22.9 Å². The Hall–Kier alpha value is -0.410. The molecule has 1 aliphatic rings. The molecule has 3 unspecified atom stereocenters. The maximum Gasteiger partial charge on any atom is 0.129 e. The highest BCUT2D eigenvalue weighted by molar-refractivity contribution is 9.09. The van der Waals surface area contributed by atoms with Gasteiger partial charge in [-0.3, -0.25) is 0 Å². The molecule has 1 nitrogen and oxygen atoms in total. The lowest BCUT2D eigenvalue weighted by molar-refractivity contribution is 0.0873. The maximum atomic E-state index is 13.7. The van der Waals surface area contributed by atoms with Crippen molar-refractivity contribution in [3.63, 3.8) is 0 Å². The van der Waals surface area contributed by atoms with E-state index in [4.69, 9.17) is 4.74 Å². The number of benzene rings is 1. The van der Waals surface area contributed by atoms with Crippen LogP contribution >= 0.6 is 15.9 Å². The highest BCUT2D eigenvalue weighted by Gasteiger charge is 2.33. The molecule has 18 heavy (non-hydrogen) atoms. The number of hydrogen-bond acceptors (Lipinski definition) is 1. The molecule has 1 heterocycles. The normalized spacial score (nSPS) is 25.4. The van der Waals surface area contributed by atoms with Crippen molar-refractivity contribution in [1.82, 2.24) is 0 Å². The predicted octanol–water partition coefficient (Wildman–Crippen LogP) is 4.69. The van der Waals surface area contributed by atoms with E-state index < -0.39 is 0 Å². The molecule has 100 valence electrons. The smallest absolute Gasteiger partial charge is 0.129 e. The first-order valence-electron chi connectivity index (χ1n) is 6.57. The van der Waals surface area contributed by atoms with Crippen molar-refractivity contribution in [3.05, 3.63) is 34.6 Å². The Morgan fingerprint density at radius 2 is 2.00 bits per heavy atom. The molecule has 1 aromatic rings. The lowest BCUT2D eigenvalue weighted by Crippen LogP contribution is -2.19. The first-order chi connectivity index (χ1) is 8.54. The summed E-state index contributed by atoms with van der Waals surface area (Å²) in [5.74, 6) is 0.396. The topological polar surface area (TPSA) is 9.23 Å². The molecule has 0 aliphatic carbocycles. The minimum atomic E-state index is -0.0897. The van der Waals surface area contributed by atoms with Gasteiger partial charge in [0.05, 0.1) is 6.10 Å². The van der Waals surface area contributed by atoms with Gasteiger partial charge in [0.1, 0.15) is 5.82 Å². The third kappa shape index (κ3) is 2.62. The van der Waals surface area contributed by atoms with Crippen molar-refractivity contribution >= 4 is 15.9 Å². The largest absolute Gasteiger partial charge is 0.378 e. The van der Waals surface area contributed by atoms with Gasteiger partial charge in [-0.2, -0.15) is 0 Å². The van der Waals surface area contributed by atoms with Gasteiger partial charge < -0.3 is 4.74 Å². The molecule has 0 amide bonds. The van der Waals surface area contributed by atoms with Crippen molar-refractivity contribution in [2.24, 2.45) is 5.92 Å². The monoisotopic (exact) mass is 314 g/mol. The van der Waals surface area contributed by atoms with Crippen molar-refractivity contribution in [2.45, 2.75) is 44.5 Å². The van der Waals surface area contributed by atoms with Gasteiger partial charge in [-0.15, -0.1) is 0 Å². The average Bonchev–Trinajstić information content (AvgIpc) is 2.82. The fraction of sp³-hybridized carbons (Fsp3) is 0.600. The highest BCUT2D eigenvalue weighted by Crippen LogP contribution is 2.41. The van der Waals surface area contributed by atoms with Crippen molar-refractivity contribution in [2.75, 3.05) is 6.61 Å². The SMILES string of the molecule is CCC1OCCC1C(Br)c1cc(C)c(F)c(C)c1. The van der Waals surface area contributed by atoms with Crippen LogP contribution in [0.25, 0.3) is 0 Å². The fourth-order valence-corrected chi connectivity index (χ4v) is 3.68. The van der Waals surface area contributed by atoms with Crippen LogP contribution < -0.4 is 0 Å². The molecule has 0 bridgehead atoms. The zero-order valence-electron chi connectivity index (χ0n) is 11.2. The van der Waals surface area contributed by atoms with E-state index in [9.17, 15) is 4.39 Å². The first kappa shape index (κ1) is 14.0. The number of alkyl halides is 1. The lowest BCUT2D eigenvalue weighted by Gasteiger charge is -2.23. The third-order valence-electron chi connectivity index (χ3n) is 3.82. The number of rotatable bonds is 3. The molecule has 1 saturated heterocycles. The predicted molar refractivity (Wildman–Crippen MR) is 75.7 cm³/mol. The van der Waals surface area contributed by atoms with E-state index in [1.807, 2.05) is 26.0 Å². The quantitative estimate of drug-likeness (QED) is 0.735. The second kappa shape index (κ2) is 5.70. The number of aryl methyl sites for hydroxylation is 2. The molecule has 3 atom stereocenters. The molecular weight excluding hydrogens is 295 g/mol. The molecule has 1 aromatic carbocycles. The first-order valence-corrected chi connectivity index (χ1v) is 7.48. The summed E-state index contributed by atoms with van der Waals surface area (Å²) in [6, 6.07) is 3.90. The van der Waals surface area contributed by atoms with Crippen molar-refractivity contribution < 1.29 is 9.13 Å². The van der Waals surface area contributed by atoms with Crippen LogP contribution in [-0.2, 0) is 4.74 Å². The van der Waals surface area contributed by atoms with E-state index in [1.165, 1.54) is 5.56 Å². The van der Waals surface area contributed by atoms with Crippen LogP contribution in [-0.4, -0.2) is 12.7 Å². The molecule has 1 fully saturated rings. The Morgan fingerprint density at radius 1 is 1.39 bits per heavy atom. The summed E-state index contributed by atoms with van der Waals surface area (Å²) < 4.78 is 19.4. The van der Waals surface area contributed by atoms with Crippen LogP contribution in [0.5, 0.6) is 0 Å². The molecule has 0 radical (unpaired) electrons. The Kier molecular flexibility index (Phi) is 4.44. The minimum absolute atomic E-state index is 0.0897. The van der Waals surface area contributed by atoms with Crippen LogP contribution in [0.15, 0.2) is 12.1 Å². The van der Waals surface area contributed by atoms with Gasteiger partial charge in [-0.1, -0.05) is 35.0 Å². The lowest BCUT2D eigenvalue weighted by atomic mass is 9.90. The van der Waals surface area contributed by atoms with Gasteiger partial charge in [-0.25, -0.2) is 4.39 Å². The van der Waals surface area contributed by atoms with E-state index in [0.29, 0.717) is 12.0 Å². The zero-order chi connectivity index (χ0) is 13.3. The van der Waals surface area contributed by atoms with Gasteiger partial charge >= 0.3 is 0 Å². The molecule has 0 spiro atoms. The van der Waals surface area contributed by atoms with Crippen LogP contribution in [0.2, 0.25) is 0 Å². The Morgan fingerprint density at radius 3 is 2.56 bits per heavy atom. The van der Waals surface area contributed by atoms with E-state index in [0.717, 1.165) is 30.6 Å². The summed E-state index contributed by atoms with van der Waals surface area (Å²) in [4.78, 5) is 0.253. The molecule has 1 aliphatic heterocycles. The second-order valence-corrected chi connectivity index (χ2v) is 6.13. The highest BCUT2D eigenvalue weighted by atomic mass is 79.9. The molecule has 0 aromatic heterocycles. The van der Waals surface area contributed by atoms with Crippen molar-refractivity contribution in [3.8, 4) is 0 Å². The Labute approximate surface area is 117 Å². The Bertz CT molecular complexity index is 409. The van der Waals surface area contributed by atoms with E-state index in [-0.39, 0.29) is 10.6 Å². The van der Waals surface area contributed by atoms with Gasteiger partial charge in [0, 0.05) is 17.4 Å². The fourth-order valence-electron chi connectivity index (χ4n) is 2.81.